The minimum absolute atomic E-state index is 0.0826. The van der Waals surface area contributed by atoms with Crippen molar-refractivity contribution in [3.8, 4) is 0 Å². The average Bonchev–Trinajstić information content (AvgIpc) is 2.77. The highest BCUT2D eigenvalue weighted by atomic mass is 16.5. The van der Waals surface area contributed by atoms with Crippen molar-refractivity contribution in [3.05, 3.63) is 47.8 Å². The molecule has 0 amide bonds. The fourth-order valence-corrected chi connectivity index (χ4v) is 2.92. The monoisotopic (exact) mass is 258 g/mol. The molecule has 2 fully saturated rings. The van der Waals surface area contributed by atoms with E-state index in [1.165, 1.54) is 17.6 Å². The Hall–Kier alpha value is -1.81. The summed E-state index contributed by atoms with van der Waals surface area (Å²) in [6.07, 6.45) is 5.85. The van der Waals surface area contributed by atoms with Crippen molar-refractivity contribution in [3.63, 3.8) is 0 Å². The highest BCUT2D eigenvalue weighted by Gasteiger charge is 2.37. The smallest absolute Gasteiger partial charge is 0.189 e. The second-order valence-electron chi connectivity index (χ2n) is 5.21. The Morgan fingerprint density at radius 2 is 2.00 bits per heavy atom. The van der Waals surface area contributed by atoms with Gasteiger partial charge < -0.3 is 5.32 Å². The van der Waals surface area contributed by atoms with Gasteiger partial charge in [-0.1, -0.05) is 43.2 Å². The number of hydrogen-bond acceptors (Lipinski definition) is 4. The van der Waals surface area contributed by atoms with Crippen LogP contribution in [0.25, 0.3) is 0 Å². The van der Waals surface area contributed by atoms with Gasteiger partial charge in [-0.15, -0.1) is 0 Å². The Kier molecular flexibility index (Phi) is 3.25. The van der Waals surface area contributed by atoms with Crippen LogP contribution in [0.15, 0.2) is 42.2 Å². The zero-order valence-corrected chi connectivity index (χ0v) is 10.7. The summed E-state index contributed by atoms with van der Waals surface area (Å²) in [7, 11) is 0. The van der Waals surface area contributed by atoms with Crippen LogP contribution in [-0.4, -0.2) is 28.1 Å². The molecule has 1 saturated carbocycles. The van der Waals surface area contributed by atoms with E-state index in [0.717, 1.165) is 19.3 Å². The standard InChI is InChI=1S/C15H18N2O2/c18-14(11-6-2-1-3-7-11)10-15-16-12-8-4-5-9-13(12)17(15)19/h1-3,6-7,10,12-13,16,19H,4-5,8-9H2/b15-10+. The Labute approximate surface area is 112 Å². The SMILES string of the molecule is O=C(/C=C1\NC2CCCCC2N1O)c1ccccc1. The Balaban J connectivity index is 1.79. The summed E-state index contributed by atoms with van der Waals surface area (Å²) in [5.74, 6) is 0.451. The molecule has 1 saturated heterocycles. The van der Waals surface area contributed by atoms with Gasteiger partial charge in [0.25, 0.3) is 0 Å². The van der Waals surface area contributed by atoms with Crippen LogP contribution in [0, 0.1) is 0 Å². The summed E-state index contributed by atoms with van der Waals surface area (Å²) >= 11 is 0. The molecule has 0 bridgehead atoms. The molecule has 0 aromatic heterocycles. The molecule has 1 heterocycles. The van der Waals surface area contributed by atoms with Gasteiger partial charge in [-0.05, 0) is 12.8 Å². The molecule has 3 rings (SSSR count). The Bertz CT molecular complexity index is 498. The number of nitrogens with zero attached hydrogens (tertiary/aromatic N) is 1. The van der Waals surface area contributed by atoms with E-state index in [1.54, 1.807) is 12.1 Å². The zero-order valence-electron chi connectivity index (χ0n) is 10.7. The van der Waals surface area contributed by atoms with Gasteiger partial charge in [-0.2, -0.15) is 0 Å². The van der Waals surface area contributed by atoms with Crippen LogP contribution in [0.3, 0.4) is 0 Å². The molecule has 0 radical (unpaired) electrons. The zero-order chi connectivity index (χ0) is 13.2. The van der Waals surface area contributed by atoms with Crippen LogP contribution < -0.4 is 5.32 Å². The third-order valence-electron chi connectivity index (χ3n) is 3.95. The molecule has 100 valence electrons. The fraction of sp³-hybridized carbons (Fsp3) is 0.400. The van der Waals surface area contributed by atoms with Gasteiger partial charge in [-0.25, -0.2) is 5.06 Å². The Morgan fingerprint density at radius 1 is 1.26 bits per heavy atom. The summed E-state index contributed by atoms with van der Waals surface area (Å²) in [5, 5.41) is 14.6. The van der Waals surface area contributed by atoms with Crippen LogP contribution in [-0.2, 0) is 0 Å². The second-order valence-corrected chi connectivity index (χ2v) is 5.21. The normalized spacial score (nSPS) is 28.1. The lowest BCUT2D eigenvalue weighted by Gasteiger charge is -2.26. The highest BCUT2D eigenvalue weighted by molar-refractivity contribution is 6.04. The summed E-state index contributed by atoms with van der Waals surface area (Å²) in [4.78, 5) is 12.1. The second kappa shape index (κ2) is 5.05. The molecule has 1 aliphatic carbocycles. The summed E-state index contributed by atoms with van der Waals surface area (Å²) in [6.45, 7) is 0. The van der Waals surface area contributed by atoms with Gasteiger partial charge in [0.1, 0.15) is 5.82 Å². The number of carbonyl (C=O) groups excluding carboxylic acids is 1. The number of rotatable bonds is 2. The lowest BCUT2D eigenvalue weighted by molar-refractivity contribution is -0.0841. The van der Waals surface area contributed by atoms with E-state index in [2.05, 4.69) is 5.32 Å². The van der Waals surface area contributed by atoms with Crippen molar-refractivity contribution in [1.29, 1.82) is 0 Å². The molecule has 2 aliphatic rings. The number of ketones is 1. The molecular weight excluding hydrogens is 240 g/mol. The maximum absolute atomic E-state index is 12.1. The van der Waals surface area contributed by atoms with E-state index in [-0.39, 0.29) is 17.9 Å². The predicted octanol–water partition coefficient (Wildman–Crippen LogP) is 2.32. The lowest BCUT2D eigenvalue weighted by Crippen LogP contribution is -2.37. The van der Waals surface area contributed by atoms with Gasteiger partial charge in [0.15, 0.2) is 5.78 Å². The van der Waals surface area contributed by atoms with Crippen molar-refractivity contribution in [1.82, 2.24) is 10.4 Å². The quantitative estimate of drug-likeness (QED) is 0.631. The largest absolute Gasteiger partial charge is 0.365 e. The highest BCUT2D eigenvalue weighted by Crippen LogP contribution is 2.29. The minimum atomic E-state index is -0.0826. The molecule has 1 aromatic carbocycles. The Morgan fingerprint density at radius 3 is 2.74 bits per heavy atom. The first-order valence-corrected chi connectivity index (χ1v) is 6.81. The van der Waals surface area contributed by atoms with Crippen LogP contribution in [0.4, 0.5) is 0 Å². The van der Waals surface area contributed by atoms with Gasteiger partial charge in [-0.3, -0.25) is 10.0 Å². The lowest BCUT2D eigenvalue weighted by atomic mass is 9.92. The van der Waals surface area contributed by atoms with E-state index < -0.39 is 0 Å². The van der Waals surface area contributed by atoms with Crippen LogP contribution in [0.5, 0.6) is 0 Å². The summed E-state index contributed by atoms with van der Waals surface area (Å²) in [6, 6.07) is 9.50. The number of benzene rings is 1. The number of fused-ring (bicyclic) bond motifs is 1. The van der Waals surface area contributed by atoms with Crippen molar-refractivity contribution in [2.75, 3.05) is 0 Å². The van der Waals surface area contributed by atoms with E-state index in [4.69, 9.17) is 0 Å². The van der Waals surface area contributed by atoms with Crippen molar-refractivity contribution < 1.29 is 10.0 Å². The molecule has 4 nitrogen and oxygen atoms in total. The van der Waals surface area contributed by atoms with E-state index in [1.807, 2.05) is 18.2 Å². The number of nitrogens with one attached hydrogen (secondary N) is 1. The fourth-order valence-electron chi connectivity index (χ4n) is 2.92. The molecule has 1 aromatic rings. The number of hydrogen-bond donors (Lipinski definition) is 2. The summed E-state index contributed by atoms with van der Waals surface area (Å²) < 4.78 is 0. The van der Waals surface area contributed by atoms with Gasteiger partial charge in [0.05, 0.1) is 12.1 Å². The topological polar surface area (TPSA) is 52.6 Å². The number of carbonyl (C=O) groups is 1. The summed E-state index contributed by atoms with van der Waals surface area (Å²) in [5.41, 5.74) is 0.639. The molecule has 4 heteroatoms. The van der Waals surface area contributed by atoms with E-state index in [0.29, 0.717) is 11.4 Å². The molecule has 1 aliphatic heterocycles. The number of allylic oxidation sites excluding steroid dienone is 1. The maximum Gasteiger partial charge on any atom is 0.189 e. The van der Waals surface area contributed by atoms with Gasteiger partial charge in [0.2, 0.25) is 0 Å². The predicted molar refractivity (Wildman–Crippen MR) is 71.7 cm³/mol. The molecule has 2 unspecified atom stereocenters. The van der Waals surface area contributed by atoms with Crippen molar-refractivity contribution in [2.24, 2.45) is 0 Å². The van der Waals surface area contributed by atoms with Gasteiger partial charge in [0, 0.05) is 11.6 Å². The van der Waals surface area contributed by atoms with Crippen LogP contribution in [0.1, 0.15) is 36.0 Å². The first-order chi connectivity index (χ1) is 9.25. The van der Waals surface area contributed by atoms with Gasteiger partial charge >= 0.3 is 0 Å². The van der Waals surface area contributed by atoms with Crippen molar-refractivity contribution >= 4 is 5.78 Å². The average molecular weight is 258 g/mol. The molecule has 2 N–H and O–H groups in total. The van der Waals surface area contributed by atoms with Crippen LogP contribution in [0.2, 0.25) is 0 Å². The third-order valence-corrected chi connectivity index (χ3v) is 3.95. The number of hydroxylamine groups is 2. The molecule has 2 atom stereocenters. The minimum Gasteiger partial charge on any atom is -0.365 e. The van der Waals surface area contributed by atoms with Crippen molar-refractivity contribution in [2.45, 2.75) is 37.8 Å². The molecule has 0 spiro atoms. The maximum atomic E-state index is 12.1. The van der Waals surface area contributed by atoms with E-state index >= 15 is 0 Å². The van der Waals surface area contributed by atoms with E-state index in [9.17, 15) is 10.0 Å². The first-order valence-electron chi connectivity index (χ1n) is 6.81. The third kappa shape index (κ3) is 2.36. The first kappa shape index (κ1) is 12.2. The van der Waals surface area contributed by atoms with Crippen LogP contribution >= 0.6 is 0 Å². The molecular formula is C15H18N2O2. The molecule has 19 heavy (non-hydrogen) atoms.